The molecule has 0 aliphatic rings. The van der Waals surface area contributed by atoms with E-state index in [2.05, 4.69) is 21.1 Å². The maximum atomic E-state index is 5.80. The minimum Gasteiger partial charge on any atom is -0.389 e. The van der Waals surface area contributed by atoms with Crippen molar-refractivity contribution in [1.29, 1.82) is 0 Å². The van der Waals surface area contributed by atoms with E-state index in [4.69, 9.17) is 10.6 Å². The summed E-state index contributed by atoms with van der Waals surface area (Å²) in [6, 6.07) is 17.4. The average molecular weight is 305 g/mol. The predicted molar refractivity (Wildman–Crippen MR) is 76.1 cm³/mol. The fraction of sp³-hybridized carbons (Fsp3) is 0.0714. The predicted octanol–water partition coefficient (Wildman–Crippen LogP) is 3.29. The molecule has 3 nitrogen and oxygen atoms in total. The summed E-state index contributed by atoms with van der Waals surface area (Å²) in [6.45, 7) is 0.404. The second-order valence-corrected chi connectivity index (χ2v) is 4.66. The first-order chi connectivity index (χ1) is 8.75. The molecule has 0 spiro atoms. The van der Waals surface area contributed by atoms with E-state index < -0.39 is 0 Å². The monoisotopic (exact) mass is 304 g/mol. The Balaban J connectivity index is 1.93. The summed E-state index contributed by atoms with van der Waals surface area (Å²) in [5.41, 5.74) is 7.70. The van der Waals surface area contributed by atoms with E-state index in [1.807, 2.05) is 54.6 Å². The molecule has 0 atom stereocenters. The van der Waals surface area contributed by atoms with Gasteiger partial charge in [0.15, 0.2) is 5.84 Å². The Hall–Kier alpha value is -1.81. The Morgan fingerprint density at radius 1 is 1.06 bits per heavy atom. The summed E-state index contributed by atoms with van der Waals surface area (Å²) in [5, 5.41) is 3.89. The molecular weight excluding hydrogens is 292 g/mol. The lowest BCUT2D eigenvalue weighted by Crippen LogP contribution is -2.13. The van der Waals surface area contributed by atoms with Crippen LogP contribution in [0.1, 0.15) is 11.1 Å². The van der Waals surface area contributed by atoms with Gasteiger partial charge in [0.25, 0.3) is 0 Å². The van der Waals surface area contributed by atoms with Crippen LogP contribution in [0.2, 0.25) is 0 Å². The summed E-state index contributed by atoms with van der Waals surface area (Å²) >= 11 is 3.38. The molecule has 18 heavy (non-hydrogen) atoms. The van der Waals surface area contributed by atoms with Gasteiger partial charge in [-0.05, 0) is 17.7 Å². The van der Waals surface area contributed by atoms with E-state index >= 15 is 0 Å². The summed E-state index contributed by atoms with van der Waals surface area (Å²) in [6.07, 6.45) is 0. The van der Waals surface area contributed by atoms with E-state index in [9.17, 15) is 0 Å². The molecule has 92 valence electrons. The molecule has 0 amide bonds. The zero-order chi connectivity index (χ0) is 12.8. The van der Waals surface area contributed by atoms with Gasteiger partial charge < -0.3 is 10.6 Å². The molecule has 0 bridgehead atoms. The molecule has 2 N–H and O–H groups in total. The van der Waals surface area contributed by atoms with Crippen LogP contribution < -0.4 is 5.73 Å². The first-order valence-corrected chi connectivity index (χ1v) is 6.30. The normalized spacial score (nSPS) is 11.3. The highest BCUT2D eigenvalue weighted by atomic mass is 79.9. The molecule has 4 heteroatoms. The quantitative estimate of drug-likeness (QED) is 0.535. The van der Waals surface area contributed by atoms with Crippen molar-refractivity contribution in [1.82, 2.24) is 0 Å². The van der Waals surface area contributed by atoms with E-state index in [-0.39, 0.29) is 0 Å². The number of hydrogen-bond acceptors (Lipinski definition) is 2. The molecule has 2 rings (SSSR count). The van der Waals surface area contributed by atoms with Crippen LogP contribution in [0.15, 0.2) is 64.2 Å². The van der Waals surface area contributed by atoms with Crippen molar-refractivity contribution in [3.63, 3.8) is 0 Å². The Morgan fingerprint density at radius 2 is 1.72 bits per heavy atom. The van der Waals surface area contributed by atoms with E-state index in [1.165, 1.54) is 0 Å². The average Bonchev–Trinajstić information content (AvgIpc) is 2.42. The van der Waals surface area contributed by atoms with Crippen LogP contribution in [0.5, 0.6) is 0 Å². The molecule has 0 aromatic heterocycles. The fourth-order valence-corrected chi connectivity index (χ4v) is 1.68. The van der Waals surface area contributed by atoms with Crippen LogP contribution >= 0.6 is 15.9 Å². The number of hydrogen-bond donors (Lipinski definition) is 1. The minimum absolute atomic E-state index is 0.382. The number of nitrogens with zero attached hydrogens (tertiary/aromatic N) is 1. The van der Waals surface area contributed by atoms with E-state index in [1.54, 1.807) is 0 Å². The third-order valence-corrected chi connectivity index (χ3v) is 2.91. The van der Waals surface area contributed by atoms with Gasteiger partial charge in [0, 0.05) is 10.0 Å². The molecule has 2 aromatic rings. The third-order valence-electron chi connectivity index (χ3n) is 2.38. The molecule has 0 saturated heterocycles. The number of nitrogens with two attached hydrogens (primary N) is 1. The molecule has 2 aromatic carbocycles. The van der Waals surface area contributed by atoms with Gasteiger partial charge in [-0.2, -0.15) is 0 Å². The SMILES string of the molecule is N/C(=N\OCc1ccc(Br)cc1)c1ccccc1. The molecule has 0 saturated carbocycles. The Labute approximate surface area is 114 Å². The molecule has 0 radical (unpaired) electrons. The smallest absolute Gasteiger partial charge is 0.170 e. The van der Waals surface area contributed by atoms with Gasteiger partial charge in [-0.3, -0.25) is 0 Å². The first kappa shape index (κ1) is 12.6. The van der Waals surface area contributed by atoms with Gasteiger partial charge in [-0.25, -0.2) is 0 Å². The van der Waals surface area contributed by atoms with Crippen molar-refractivity contribution in [2.24, 2.45) is 10.9 Å². The fourth-order valence-electron chi connectivity index (χ4n) is 1.42. The number of oxime groups is 1. The van der Waals surface area contributed by atoms with Crippen molar-refractivity contribution in [3.05, 3.63) is 70.2 Å². The van der Waals surface area contributed by atoms with Crippen molar-refractivity contribution < 1.29 is 4.84 Å². The number of amidine groups is 1. The maximum absolute atomic E-state index is 5.80. The zero-order valence-corrected chi connectivity index (χ0v) is 11.3. The molecule has 0 heterocycles. The van der Waals surface area contributed by atoms with Crippen LogP contribution in [0.3, 0.4) is 0 Å². The Bertz CT molecular complexity index is 523. The topological polar surface area (TPSA) is 47.6 Å². The van der Waals surface area contributed by atoms with E-state index in [0.29, 0.717) is 12.4 Å². The minimum atomic E-state index is 0.382. The largest absolute Gasteiger partial charge is 0.389 e. The van der Waals surface area contributed by atoms with Crippen molar-refractivity contribution >= 4 is 21.8 Å². The van der Waals surface area contributed by atoms with Crippen LogP contribution in [0.25, 0.3) is 0 Å². The lowest BCUT2D eigenvalue weighted by Gasteiger charge is -2.02. The van der Waals surface area contributed by atoms with E-state index in [0.717, 1.165) is 15.6 Å². The lowest BCUT2D eigenvalue weighted by molar-refractivity contribution is 0.130. The van der Waals surface area contributed by atoms with Crippen LogP contribution in [-0.2, 0) is 11.4 Å². The summed E-state index contributed by atoms with van der Waals surface area (Å²) in [5.74, 6) is 0.382. The lowest BCUT2D eigenvalue weighted by atomic mass is 10.2. The summed E-state index contributed by atoms with van der Waals surface area (Å²) in [4.78, 5) is 5.22. The third kappa shape index (κ3) is 3.60. The van der Waals surface area contributed by atoms with Crippen molar-refractivity contribution in [3.8, 4) is 0 Å². The second kappa shape index (κ2) is 6.21. The number of halogens is 1. The van der Waals surface area contributed by atoms with Gasteiger partial charge in [0.1, 0.15) is 6.61 Å². The van der Waals surface area contributed by atoms with Gasteiger partial charge >= 0.3 is 0 Å². The molecule has 0 fully saturated rings. The highest BCUT2D eigenvalue weighted by Gasteiger charge is 1.97. The highest BCUT2D eigenvalue weighted by molar-refractivity contribution is 9.10. The Kier molecular flexibility index (Phi) is 4.36. The first-order valence-electron chi connectivity index (χ1n) is 5.51. The molecular formula is C14H13BrN2O. The van der Waals surface area contributed by atoms with Crippen LogP contribution in [0.4, 0.5) is 0 Å². The Morgan fingerprint density at radius 3 is 2.39 bits per heavy atom. The van der Waals surface area contributed by atoms with Crippen molar-refractivity contribution in [2.45, 2.75) is 6.61 Å². The maximum Gasteiger partial charge on any atom is 0.170 e. The summed E-state index contributed by atoms with van der Waals surface area (Å²) in [7, 11) is 0. The van der Waals surface area contributed by atoms with Gasteiger partial charge in [-0.1, -0.05) is 63.6 Å². The standard InChI is InChI=1S/C14H13BrN2O/c15-13-8-6-11(7-9-13)10-18-17-14(16)12-4-2-1-3-5-12/h1-9H,10H2,(H2,16,17). The van der Waals surface area contributed by atoms with Crippen LogP contribution in [0, 0.1) is 0 Å². The summed E-state index contributed by atoms with van der Waals surface area (Å²) < 4.78 is 1.04. The molecule has 0 unspecified atom stereocenters. The van der Waals surface area contributed by atoms with Gasteiger partial charge in [-0.15, -0.1) is 0 Å². The zero-order valence-electron chi connectivity index (χ0n) is 9.71. The highest BCUT2D eigenvalue weighted by Crippen LogP contribution is 2.11. The second-order valence-electron chi connectivity index (χ2n) is 3.74. The molecule has 0 aliphatic heterocycles. The van der Waals surface area contributed by atoms with Crippen LogP contribution in [-0.4, -0.2) is 5.84 Å². The number of benzene rings is 2. The van der Waals surface area contributed by atoms with Gasteiger partial charge in [0.2, 0.25) is 0 Å². The van der Waals surface area contributed by atoms with Gasteiger partial charge in [0.05, 0.1) is 0 Å². The number of rotatable bonds is 4. The van der Waals surface area contributed by atoms with Crippen molar-refractivity contribution in [2.75, 3.05) is 0 Å². The molecule has 0 aliphatic carbocycles.